The predicted octanol–water partition coefficient (Wildman–Crippen LogP) is 2.84. The molecule has 1 spiro atoms. The number of carbonyl (C=O) groups excluding carboxylic acids is 2. The van der Waals surface area contributed by atoms with Crippen LogP contribution in [0.1, 0.15) is 72.1 Å². The van der Waals surface area contributed by atoms with Gasteiger partial charge in [0.2, 0.25) is 0 Å². The SMILES string of the molecule is CC(=O)OC1CCC23COS(=O)(=O)N4[C@H](CC5C6CCC(C(C)=O)C6(C)CCC52)[C@@]43C1. The van der Waals surface area contributed by atoms with Crippen molar-refractivity contribution in [3.63, 3.8) is 0 Å². The van der Waals surface area contributed by atoms with E-state index in [1.165, 1.54) is 6.92 Å². The second kappa shape index (κ2) is 6.11. The summed E-state index contributed by atoms with van der Waals surface area (Å²) in [4.78, 5) is 24.0. The van der Waals surface area contributed by atoms with Crippen molar-refractivity contribution in [3.8, 4) is 0 Å². The van der Waals surface area contributed by atoms with Gasteiger partial charge in [-0.2, -0.15) is 12.7 Å². The predicted molar refractivity (Wildman–Crippen MR) is 111 cm³/mol. The zero-order chi connectivity index (χ0) is 22.0. The van der Waals surface area contributed by atoms with E-state index in [9.17, 15) is 18.0 Å². The Labute approximate surface area is 184 Å². The Balaban J connectivity index is 1.40. The van der Waals surface area contributed by atoms with Crippen LogP contribution < -0.4 is 0 Å². The first-order valence-electron chi connectivity index (χ1n) is 11.9. The minimum atomic E-state index is -3.74. The van der Waals surface area contributed by atoms with Crippen molar-refractivity contribution >= 4 is 22.1 Å². The Hall–Kier alpha value is -0.990. The first kappa shape index (κ1) is 20.6. The number of nitrogens with zero attached hydrogens (tertiary/aromatic N) is 1. The Kier molecular flexibility index (Phi) is 4.06. The quantitative estimate of drug-likeness (QED) is 0.474. The molecule has 2 heterocycles. The highest BCUT2D eigenvalue weighted by Crippen LogP contribution is 2.77. The molecule has 31 heavy (non-hydrogen) atoms. The third-order valence-electron chi connectivity index (χ3n) is 10.6. The Bertz CT molecular complexity index is 965. The average Bonchev–Trinajstić information content (AvgIpc) is 3.18. The van der Waals surface area contributed by atoms with Crippen molar-refractivity contribution in [2.45, 2.75) is 89.8 Å². The molecule has 2 aliphatic heterocycles. The summed E-state index contributed by atoms with van der Waals surface area (Å²) in [5.74, 6) is 1.48. The van der Waals surface area contributed by atoms with E-state index in [0.717, 1.165) is 44.9 Å². The molecule has 0 aromatic heterocycles. The van der Waals surface area contributed by atoms with Crippen LogP contribution in [0.3, 0.4) is 0 Å². The molecule has 0 bridgehead atoms. The fourth-order valence-electron chi connectivity index (χ4n) is 9.69. The summed E-state index contributed by atoms with van der Waals surface area (Å²) >= 11 is 0. The third-order valence-corrected chi connectivity index (χ3v) is 12.1. The topological polar surface area (TPSA) is 89.8 Å². The molecule has 4 aliphatic carbocycles. The van der Waals surface area contributed by atoms with Gasteiger partial charge in [-0.1, -0.05) is 6.92 Å². The monoisotopic (exact) mass is 451 g/mol. The van der Waals surface area contributed by atoms with Gasteiger partial charge >= 0.3 is 16.3 Å². The lowest BCUT2D eigenvalue weighted by atomic mass is 9.44. The van der Waals surface area contributed by atoms with Gasteiger partial charge in [-0.15, -0.1) is 0 Å². The van der Waals surface area contributed by atoms with Gasteiger partial charge in [0.1, 0.15) is 11.9 Å². The lowest BCUT2D eigenvalue weighted by molar-refractivity contribution is -0.163. The number of esters is 1. The largest absolute Gasteiger partial charge is 0.462 e. The van der Waals surface area contributed by atoms with Crippen LogP contribution in [0.2, 0.25) is 0 Å². The van der Waals surface area contributed by atoms with Crippen molar-refractivity contribution in [1.29, 1.82) is 0 Å². The Morgan fingerprint density at radius 3 is 2.55 bits per heavy atom. The summed E-state index contributed by atoms with van der Waals surface area (Å²) in [6.07, 6.45) is 6.95. The Morgan fingerprint density at radius 2 is 1.84 bits per heavy atom. The van der Waals surface area contributed by atoms with Gasteiger partial charge < -0.3 is 4.74 Å². The Morgan fingerprint density at radius 1 is 1.06 bits per heavy atom. The molecule has 0 radical (unpaired) electrons. The van der Waals surface area contributed by atoms with Crippen molar-refractivity contribution in [1.82, 2.24) is 4.31 Å². The van der Waals surface area contributed by atoms with E-state index in [1.54, 1.807) is 11.2 Å². The van der Waals surface area contributed by atoms with E-state index >= 15 is 0 Å². The number of fused-ring (bicyclic) bond motifs is 4. The summed E-state index contributed by atoms with van der Waals surface area (Å²) in [6.45, 7) is 5.75. The van der Waals surface area contributed by atoms with Crippen LogP contribution in [0.25, 0.3) is 0 Å². The zero-order valence-electron chi connectivity index (χ0n) is 18.6. The molecule has 2 saturated heterocycles. The molecule has 172 valence electrons. The van der Waals surface area contributed by atoms with Gasteiger partial charge in [0, 0.05) is 30.7 Å². The highest BCUT2D eigenvalue weighted by atomic mass is 32.2. The maximum absolute atomic E-state index is 12.9. The van der Waals surface area contributed by atoms with E-state index < -0.39 is 15.8 Å². The molecule has 6 rings (SSSR count). The first-order chi connectivity index (χ1) is 14.6. The van der Waals surface area contributed by atoms with E-state index in [4.69, 9.17) is 8.92 Å². The van der Waals surface area contributed by atoms with Gasteiger partial charge in [-0.05, 0) is 75.0 Å². The second-order valence-electron chi connectivity index (χ2n) is 11.5. The number of hydrogen-bond acceptors (Lipinski definition) is 6. The molecule has 0 amide bonds. The van der Waals surface area contributed by atoms with Crippen molar-refractivity contribution in [2.24, 2.45) is 34.5 Å². The molecule has 6 aliphatic rings. The first-order valence-corrected chi connectivity index (χ1v) is 13.3. The fraction of sp³-hybridized carbons (Fsp3) is 0.913. The lowest BCUT2D eigenvalue weighted by Crippen LogP contribution is -2.64. The molecule has 8 unspecified atom stereocenters. The molecule has 7 nitrogen and oxygen atoms in total. The molecule has 0 aromatic rings. The minimum Gasteiger partial charge on any atom is -0.462 e. The summed E-state index contributed by atoms with van der Waals surface area (Å²) in [7, 11) is -3.74. The average molecular weight is 452 g/mol. The fourth-order valence-corrected chi connectivity index (χ4v) is 11.5. The maximum atomic E-state index is 12.9. The van der Waals surface area contributed by atoms with E-state index in [-0.39, 0.29) is 41.5 Å². The van der Waals surface area contributed by atoms with E-state index in [0.29, 0.717) is 30.0 Å². The summed E-state index contributed by atoms with van der Waals surface area (Å²) in [5, 5.41) is 0. The molecule has 4 saturated carbocycles. The van der Waals surface area contributed by atoms with Crippen LogP contribution >= 0.6 is 0 Å². The van der Waals surface area contributed by atoms with Gasteiger partial charge in [0.15, 0.2) is 0 Å². The highest BCUT2D eigenvalue weighted by Gasteiger charge is 2.85. The number of ketones is 1. The van der Waals surface area contributed by atoms with Gasteiger partial charge in [-0.25, -0.2) is 0 Å². The third kappa shape index (κ3) is 2.34. The molecule has 6 fully saturated rings. The molecule has 10 atom stereocenters. The number of Topliss-reactive ketones (excluding diaryl/α,β-unsaturated/α-hetero) is 1. The molecule has 0 aromatic carbocycles. The van der Waals surface area contributed by atoms with Crippen molar-refractivity contribution < 1.29 is 26.9 Å². The van der Waals surface area contributed by atoms with Gasteiger partial charge in [-0.3, -0.25) is 13.8 Å². The number of hydrogen-bond donors (Lipinski definition) is 0. The van der Waals surface area contributed by atoms with Gasteiger partial charge in [0.05, 0.1) is 12.1 Å². The lowest BCUT2D eigenvalue weighted by Gasteiger charge is -2.61. The maximum Gasteiger partial charge on any atom is 0.339 e. The highest BCUT2D eigenvalue weighted by molar-refractivity contribution is 7.84. The van der Waals surface area contributed by atoms with Crippen LogP contribution in [-0.2, 0) is 28.8 Å². The summed E-state index contributed by atoms with van der Waals surface area (Å²) in [5.41, 5.74) is -0.606. The molecular formula is C23H33NO6S. The smallest absolute Gasteiger partial charge is 0.339 e. The summed E-state index contributed by atoms with van der Waals surface area (Å²) in [6, 6.07) is -0.0571. The number of rotatable bonds is 2. The van der Waals surface area contributed by atoms with Crippen LogP contribution in [0.5, 0.6) is 0 Å². The molecule has 0 N–H and O–H groups in total. The van der Waals surface area contributed by atoms with E-state index in [1.807, 2.05) is 0 Å². The van der Waals surface area contributed by atoms with E-state index in [2.05, 4.69) is 6.92 Å². The zero-order valence-corrected chi connectivity index (χ0v) is 19.4. The molecule has 8 heteroatoms. The second-order valence-corrected chi connectivity index (χ2v) is 13.0. The van der Waals surface area contributed by atoms with Crippen molar-refractivity contribution in [2.75, 3.05) is 6.61 Å². The van der Waals surface area contributed by atoms with Crippen LogP contribution in [0.15, 0.2) is 0 Å². The standard InChI is InChI=1S/C23H33NO6S/c1-13(25)17-4-5-18-16-10-20-23-11-15(30-14(2)26)6-9-22(23,12-29-31(27,28)24(20)23)19(16)7-8-21(17,18)3/h15-20H,4-12H2,1-3H3/t15?,16?,17?,18?,19?,20-,21?,22?,23-,24?/m1/s1. The van der Waals surface area contributed by atoms with Gasteiger partial charge in [0.25, 0.3) is 0 Å². The van der Waals surface area contributed by atoms with Crippen LogP contribution in [-0.4, -0.2) is 48.8 Å². The normalized spacial score (nSPS) is 55.8. The van der Waals surface area contributed by atoms with Crippen molar-refractivity contribution in [3.05, 3.63) is 0 Å². The van der Waals surface area contributed by atoms with Crippen LogP contribution in [0, 0.1) is 34.5 Å². The minimum absolute atomic E-state index is 0.0383. The number of carbonyl (C=O) groups is 2. The molecular weight excluding hydrogens is 418 g/mol. The van der Waals surface area contributed by atoms with Crippen LogP contribution in [0.4, 0.5) is 0 Å². The number of ether oxygens (including phenoxy) is 1. The summed E-state index contributed by atoms with van der Waals surface area (Å²) < 4.78 is 38.7.